The molecule has 148 valence electrons. The van der Waals surface area contributed by atoms with Crippen molar-refractivity contribution in [2.75, 3.05) is 52.7 Å². The predicted octanol–water partition coefficient (Wildman–Crippen LogP) is 2.41. The van der Waals surface area contributed by atoms with Gasteiger partial charge in [-0.05, 0) is 31.9 Å². The molecule has 2 heterocycles. The zero-order valence-electron chi connectivity index (χ0n) is 15.1. The Bertz CT molecular complexity index is 404. The fraction of sp³-hybridized carbons (Fsp3) is 0.938. The van der Waals surface area contributed by atoms with Crippen LogP contribution in [0.1, 0.15) is 25.7 Å². The van der Waals surface area contributed by atoms with E-state index in [0.717, 1.165) is 51.4 Å². The number of halogens is 3. The Balaban J connectivity index is 0.00000312. The Morgan fingerprint density at radius 1 is 1.32 bits per heavy atom. The molecule has 0 amide bonds. The van der Waals surface area contributed by atoms with E-state index < -0.39 is 6.43 Å². The van der Waals surface area contributed by atoms with Gasteiger partial charge in [-0.2, -0.15) is 11.8 Å². The molecule has 2 aliphatic rings. The van der Waals surface area contributed by atoms with Gasteiger partial charge >= 0.3 is 0 Å². The quantitative estimate of drug-likeness (QED) is 0.339. The summed E-state index contributed by atoms with van der Waals surface area (Å²) in [5.41, 5.74) is 0. The number of piperidine rings is 1. The first-order valence-corrected chi connectivity index (χ1v) is 9.90. The van der Waals surface area contributed by atoms with Crippen LogP contribution in [0.25, 0.3) is 0 Å². The van der Waals surface area contributed by atoms with Crippen molar-refractivity contribution in [3.63, 3.8) is 0 Å². The van der Waals surface area contributed by atoms with Crippen LogP contribution in [-0.4, -0.2) is 80.8 Å². The van der Waals surface area contributed by atoms with Crippen LogP contribution in [0, 0.1) is 0 Å². The molecule has 0 aromatic carbocycles. The van der Waals surface area contributed by atoms with Gasteiger partial charge in [-0.15, -0.1) is 24.0 Å². The summed E-state index contributed by atoms with van der Waals surface area (Å²) in [4.78, 5) is 6.16. The lowest BCUT2D eigenvalue weighted by Gasteiger charge is -2.37. The van der Waals surface area contributed by atoms with E-state index in [1.165, 1.54) is 0 Å². The van der Waals surface area contributed by atoms with Gasteiger partial charge in [0.25, 0.3) is 6.43 Å². The molecule has 0 atom stereocenters. The lowest BCUT2D eigenvalue weighted by atomic mass is 9.99. The third-order valence-corrected chi connectivity index (χ3v) is 6.38. The molecule has 9 heteroatoms. The maximum Gasteiger partial charge on any atom is 0.251 e. The molecule has 25 heavy (non-hydrogen) atoms. The Morgan fingerprint density at radius 3 is 2.48 bits per heavy atom. The molecule has 2 saturated heterocycles. The number of likely N-dealkylation sites (tertiary alicyclic amines) is 1. The number of aliphatic imine (C=N–C) groups is 1. The number of rotatable bonds is 6. The van der Waals surface area contributed by atoms with Crippen LogP contribution < -0.4 is 10.6 Å². The minimum absolute atomic E-state index is 0. The second-order valence-corrected chi connectivity index (χ2v) is 7.81. The molecule has 0 radical (unpaired) electrons. The van der Waals surface area contributed by atoms with Gasteiger partial charge in [-0.1, -0.05) is 0 Å². The number of thioether (sulfide) groups is 1. The highest BCUT2D eigenvalue weighted by Crippen LogP contribution is 2.32. The largest absolute Gasteiger partial charge is 0.381 e. The van der Waals surface area contributed by atoms with E-state index in [1.807, 2.05) is 16.7 Å². The number of guanidine groups is 1. The summed E-state index contributed by atoms with van der Waals surface area (Å²) in [5, 5.41) is 6.90. The summed E-state index contributed by atoms with van der Waals surface area (Å²) in [6, 6.07) is 0.296. The average molecular weight is 492 g/mol. The van der Waals surface area contributed by atoms with Crippen LogP contribution in [0.3, 0.4) is 0 Å². The predicted molar refractivity (Wildman–Crippen MR) is 112 cm³/mol. The average Bonchev–Trinajstić information content (AvgIpc) is 2.60. The molecule has 0 aromatic heterocycles. The molecular weight excluding hydrogens is 461 g/mol. The van der Waals surface area contributed by atoms with Crippen LogP contribution in [-0.2, 0) is 4.74 Å². The highest BCUT2D eigenvalue weighted by atomic mass is 127. The zero-order valence-corrected chi connectivity index (χ0v) is 18.2. The van der Waals surface area contributed by atoms with Crippen LogP contribution in [0.2, 0.25) is 0 Å². The van der Waals surface area contributed by atoms with Crippen LogP contribution >= 0.6 is 35.7 Å². The van der Waals surface area contributed by atoms with Gasteiger partial charge in [0.1, 0.15) is 0 Å². The van der Waals surface area contributed by atoms with E-state index in [9.17, 15) is 8.78 Å². The highest BCUT2D eigenvalue weighted by molar-refractivity contribution is 14.0. The van der Waals surface area contributed by atoms with Crippen LogP contribution in [0.15, 0.2) is 4.99 Å². The third-order valence-electron chi connectivity index (χ3n) is 4.96. The van der Waals surface area contributed by atoms with E-state index in [2.05, 4.69) is 21.9 Å². The molecule has 0 spiro atoms. The molecule has 0 saturated carbocycles. The van der Waals surface area contributed by atoms with Crippen molar-refractivity contribution in [1.82, 2.24) is 15.5 Å². The number of nitrogens with zero attached hydrogens (tertiary/aromatic N) is 2. The Labute approximate surface area is 171 Å². The van der Waals surface area contributed by atoms with Crippen molar-refractivity contribution in [3.8, 4) is 0 Å². The van der Waals surface area contributed by atoms with Gasteiger partial charge in [0, 0.05) is 50.7 Å². The smallest absolute Gasteiger partial charge is 0.251 e. The lowest BCUT2D eigenvalue weighted by molar-refractivity contribution is 0.0743. The van der Waals surface area contributed by atoms with Crippen LogP contribution in [0.4, 0.5) is 8.78 Å². The Kier molecular flexibility index (Phi) is 10.9. The van der Waals surface area contributed by atoms with Crippen molar-refractivity contribution < 1.29 is 13.5 Å². The fourth-order valence-electron chi connectivity index (χ4n) is 3.28. The molecule has 2 rings (SSSR count). The standard InChI is InChI=1S/C16H30F2N4OS.HI/c1-19-15(20-12-16(24-2)5-9-23-10-6-16)21-13-3-7-22(8-4-13)11-14(17)18;/h13-14H,3-12H2,1-2H3,(H2,19,20,21);1H. The van der Waals surface area contributed by atoms with Crippen LogP contribution in [0.5, 0.6) is 0 Å². The SMILES string of the molecule is CN=C(NCC1(SC)CCOCC1)NC1CCN(CC(F)F)CC1.I. The molecule has 2 fully saturated rings. The summed E-state index contributed by atoms with van der Waals surface area (Å²) in [7, 11) is 1.77. The van der Waals surface area contributed by atoms with E-state index in [-0.39, 0.29) is 35.3 Å². The molecule has 0 unspecified atom stereocenters. The molecule has 0 aliphatic carbocycles. The number of ether oxygens (including phenoxy) is 1. The van der Waals surface area contributed by atoms with E-state index in [0.29, 0.717) is 19.1 Å². The van der Waals surface area contributed by atoms with Gasteiger partial charge < -0.3 is 15.4 Å². The van der Waals surface area contributed by atoms with Crippen molar-refractivity contribution in [2.45, 2.75) is 42.9 Å². The van der Waals surface area contributed by atoms with Crippen molar-refractivity contribution in [3.05, 3.63) is 0 Å². The minimum atomic E-state index is -2.24. The summed E-state index contributed by atoms with van der Waals surface area (Å²) in [5.74, 6) is 0.808. The number of nitrogens with one attached hydrogen (secondary N) is 2. The third kappa shape index (κ3) is 7.72. The second kappa shape index (κ2) is 11.8. The Hall–Kier alpha value is 0.130. The topological polar surface area (TPSA) is 48.9 Å². The number of hydrogen-bond donors (Lipinski definition) is 2. The highest BCUT2D eigenvalue weighted by Gasteiger charge is 2.32. The first kappa shape index (κ1) is 23.2. The fourth-order valence-corrected chi connectivity index (χ4v) is 4.08. The molecular formula is C16H31F2IN4OS. The Morgan fingerprint density at radius 2 is 1.96 bits per heavy atom. The van der Waals surface area contributed by atoms with Gasteiger partial charge in [0.15, 0.2) is 5.96 Å². The number of alkyl halides is 2. The van der Waals surface area contributed by atoms with E-state index in [4.69, 9.17) is 4.74 Å². The molecule has 0 aromatic rings. The maximum absolute atomic E-state index is 12.4. The molecule has 5 nitrogen and oxygen atoms in total. The van der Waals surface area contributed by atoms with Gasteiger partial charge in [-0.3, -0.25) is 9.89 Å². The maximum atomic E-state index is 12.4. The summed E-state index contributed by atoms with van der Waals surface area (Å²) in [6.45, 7) is 3.81. The first-order chi connectivity index (χ1) is 11.6. The summed E-state index contributed by atoms with van der Waals surface area (Å²) < 4.78 is 30.5. The summed E-state index contributed by atoms with van der Waals surface area (Å²) >= 11 is 1.89. The van der Waals surface area contributed by atoms with Crippen molar-refractivity contribution >= 4 is 41.7 Å². The van der Waals surface area contributed by atoms with Crippen molar-refractivity contribution in [2.24, 2.45) is 4.99 Å². The van der Waals surface area contributed by atoms with Gasteiger partial charge in [0.05, 0.1) is 6.54 Å². The molecule has 0 bridgehead atoms. The van der Waals surface area contributed by atoms with E-state index in [1.54, 1.807) is 7.05 Å². The lowest BCUT2D eigenvalue weighted by Crippen LogP contribution is -2.52. The normalized spacial score (nSPS) is 22.5. The zero-order chi connectivity index (χ0) is 17.4. The molecule has 2 N–H and O–H groups in total. The summed E-state index contributed by atoms with van der Waals surface area (Å²) in [6.07, 6.45) is 3.74. The monoisotopic (exact) mass is 492 g/mol. The second-order valence-electron chi connectivity index (χ2n) is 6.54. The van der Waals surface area contributed by atoms with Gasteiger partial charge in [0.2, 0.25) is 0 Å². The van der Waals surface area contributed by atoms with Crippen molar-refractivity contribution in [1.29, 1.82) is 0 Å². The minimum Gasteiger partial charge on any atom is -0.381 e. The van der Waals surface area contributed by atoms with E-state index >= 15 is 0 Å². The van der Waals surface area contributed by atoms with Gasteiger partial charge in [-0.25, -0.2) is 8.78 Å². The number of hydrogen-bond acceptors (Lipinski definition) is 4. The molecule has 2 aliphatic heterocycles. The first-order valence-electron chi connectivity index (χ1n) is 8.67.